The number of thioether (sulfide) groups is 1. The zero-order valence-corrected chi connectivity index (χ0v) is 11.4. The van der Waals surface area contributed by atoms with E-state index in [2.05, 4.69) is 16.9 Å². The van der Waals surface area contributed by atoms with Crippen LogP contribution in [0.1, 0.15) is 10.5 Å². The number of H-pyrrole nitrogens is 1. The van der Waals surface area contributed by atoms with Gasteiger partial charge in [0.15, 0.2) is 0 Å². The van der Waals surface area contributed by atoms with Gasteiger partial charge in [-0.05, 0) is 12.1 Å². The van der Waals surface area contributed by atoms with Crippen molar-refractivity contribution >= 4 is 34.3 Å². The molecule has 1 aromatic heterocycles. The maximum Gasteiger partial charge on any atom is 0.267 e. The molecule has 2 aromatic rings. The summed E-state index contributed by atoms with van der Waals surface area (Å²) in [5.41, 5.74) is 7.86. The summed E-state index contributed by atoms with van der Waals surface area (Å²) in [6.45, 7) is 4.29. The number of amides is 1. The minimum atomic E-state index is -0.102. The Morgan fingerprint density at radius 2 is 2.37 bits per heavy atom. The first-order chi connectivity index (χ1) is 9.22. The van der Waals surface area contributed by atoms with Crippen molar-refractivity contribution in [3.8, 4) is 0 Å². The van der Waals surface area contributed by atoms with Crippen molar-refractivity contribution in [1.82, 2.24) is 10.3 Å². The molecule has 0 bridgehead atoms. The van der Waals surface area contributed by atoms with Crippen LogP contribution in [-0.4, -0.2) is 28.9 Å². The molecule has 4 N–H and O–H groups in total. The summed E-state index contributed by atoms with van der Waals surface area (Å²) < 4.78 is 0. The third-order valence-corrected chi connectivity index (χ3v) is 3.66. The number of fused-ring (bicyclic) bond motifs is 1. The molecule has 0 fully saturated rings. The van der Waals surface area contributed by atoms with Crippen LogP contribution in [-0.2, 0) is 0 Å². The lowest BCUT2D eigenvalue weighted by Crippen LogP contribution is -2.26. The minimum absolute atomic E-state index is 0.102. The molecule has 0 aliphatic rings. The lowest BCUT2D eigenvalue weighted by Gasteiger charge is -2.02. The van der Waals surface area contributed by atoms with E-state index in [-0.39, 0.29) is 5.91 Å². The maximum absolute atomic E-state index is 11.9. The predicted molar refractivity (Wildman–Crippen MR) is 82.6 cm³/mol. The van der Waals surface area contributed by atoms with Crippen LogP contribution in [0.25, 0.3) is 10.9 Å². The zero-order valence-electron chi connectivity index (χ0n) is 10.6. The van der Waals surface area contributed by atoms with Gasteiger partial charge in [-0.15, -0.1) is 6.58 Å². The number of para-hydroxylation sites is 1. The Bertz CT molecular complexity index is 591. The van der Waals surface area contributed by atoms with Crippen LogP contribution in [0.3, 0.4) is 0 Å². The van der Waals surface area contributed by atoms with Crippen molar-refractivity contribution in [3.05, 3.63) is 42.6 Å². The van der Waals surface area contributed by atoms with Crippen molar-refractivity contribution in [2.75, 3.05) is 23.8 Å². The van der Waals surface area contributed by atoms with Crippen molar-refractivity contribution in [3.63, 3.8) is 0 Å². The second-order valence-corrected chi connectivity index (χ2v) is 5.26. The van der Waals surface area contributed by atoms with Crippen LogP contribution in [0.4, 0.5) is 5.69 Å². The normalized spacial score (nSPS) is 10.5. The highest BCUT2D eigenvalue weighted by Crippen LogP contribution is 2.20. The number of nitrogen functional groups attached to an aromatic ring is 1. The van der Waals surface area contributed by atoms with Crippen molar-refractivity contribution < 1.29 is 4.79 Å². The molecule has 0 radical (unpaired) electrons. The van der Waals surface area contributed by atoms with E-state index in [0.29, 0.717) is 17.9 Å². The maximum atomic E-state index is 11.9. The Balaban J connectivity index is 1.97. The number of anilines is 1. The minimum Gasteiger partial charge on any atom is -0.397 e. The third kappa shape index (κ3) is 3.32. The van der Waals surface area contributed by atoms with Gasteiger partial charge < -0.3 is 16.0 Å². The molecule has 1 amide bonds. The molecule has 100 valence electrons. The second kappa shape index (κ2) is 6.33. The number of carbonyl (C=O) groups is 1. The number of nitrogens with two attached hydrogens (primary N) is 1. The average molecular weight is 275 g/mol. The Labute approximate surface area is 116 Å². The van der Waals surface area contributed by atoms with Gasteiger partial charge in [0, 0.05) is 23.4 Å². The molecule has 1 heterocycles. The first-order valence-electron chi connectivity index (χ1n) is 6.06. The topological polar surface area (TPSA) is 70.9 Å². The molecule has 0 aliphatic heterocycles. The summed E-state index contributed by atoms with van der Waals surface area (Å²) in [5.74, 6) is 1.67. The molecule has 4 nitrogen and oxygen atoms in total. The van der Waals surface area contributed by atoms with E-state index in [0.717, 1.165) is 22.4 Å². The average Bonchev–Trinajstić information content (AvgIpc) is 2.84. The van der Waals surface area contributed by atoms with Crippen LogP contribution >= 0.6 is 11.8 Å². The molecule has 1 aromatic carbocycles. The van der Waals surface area contributed by atoms with Crippen LogP contribution in [0.5, 0.6) is 0 Å². The largest absolute Gasteiger partial charge is 0.397 e. The molecule has 2 rings (SSSR count). The number of nitrogens with one attached hydrogen (secondary N) is 2. The molecule has 0 spiro atoms. The summed E-state index contributed by atoms with van der Waals surface area (Å²) in [6.07, 6.45) is 1.85. The van der Waals surface area contributed by atoms with Crippen LogP contribution in [0.15, 0.2) is 36.9 Å². The standard InChI is InChI=1S/C14H17N3OS/c1-2-7-19-8-6-16-14(18)12-9-10-4-3-5-11(15)13(10)17-12/h2-5,9,17H,1,6-8,15H2,(H,16,18). The summed E-state index contributed by atoms with van der Waals surface area (Å²) in [6, 6.07) is 7.43. The number of hydrogen-bond donors (Lipinski definition) is 3. The Morgan fingerprint density at radius 3 is 3.11 bits per heavy atom. The van der Waals surface area contributed by atoms with Gasteiger partial charge in [0.25, 0.3) is 5.91 Å². The number of aromatic nitrogens is 1. The van der Waals surface area contributed by atoms with Gasteiger partial charge in [-0.2, -0.15) is 11.8 Å². The molecule has 0 saturated heterocycles. The second-order valence-electron chi connectivity index (χ2n) is 4.11. The molecule has 0 atom stereocenters. The fraction of sp³-hybridized carbons (Fsp3) is 0.214. The molecule has 19 heavy (non-hydrogen) atoms. The van der Waals surface area contributed by atoms with Gasteiger partial charge in [0.2, 0.25) is 0 Å². The van der Waals surface area contributed by atoms with E-state index in [1.165, 1.54) is 0 Å². The summed E-state index contributed by atoms with van der Waals surface area (Å²) >= 11 is 1.73. The molecule has 5 heteroatoms. The SMILES string of the molecule is C=CCSCCNC(=O)c1cc2cccc(N)c2[nH]1. The van der Waals surface area contributed by atoms with E-state index in [4.69, 9.17) is 5.73 Å². The van der Waals surface area contributed by atoms with E-state index in [1.54, 1.807) is 11.8 Å². The van der Waals surface area contributed by atoms with E-state index in [1.807, 2.05) is 30.3 Å². The smallest absolute Gasteiger partial charge is 0.267 e. The highest BCUT2D eigenvalue weighted by Gasteiger charge is 2.09. The lowest BCUT2D eigenvalue weighted by atomic mass is 10.2. The van der Waals surface area contributed by atoms with Gasteiger partial charge in [0.05, 0.1) is 11.2 Å². The molecule has 0 unspecified atom stereocenters. The van der Waals surface area contributed by atoms with Crippen molar-refractivity contribution in [2.24, 2.45) is 0 Å². The fourth-order valence-corrected chi connectivity index (χ4v) is 2.38. The van der Waals surface area contributed by atoms with Gasteiger partial charge in [-0.3, -0.25) is 4.79 Å². The highest BCUT2D eigenvalue weighted by molar-refractivity contribution is 7.99. The number of carbonyl (C=O) groups excluding carboxylic acids is 1. The number of hydrogen-bond acceptors (Lipinski definition) is 3. The van der Waals surface area contributed by atoms with E-state index in [9.17, 15) is 4.79 Å². The zero-order chi connectivity index (χ0) is 13.7. The van der Waals surface area contributed by atoms with Crippen molar-refractivity contribution in [2.45, 2.75) is 0 Å². The summed E-state index contributed by atoms with van der Waals surface area (Å²) in [4.78, 5) is 15.0. The van der Waals surface area contributed by atoms with E-state index >= 15 is 0 Å². The molecule has 0 saturated carbocycles. The Kier molecular flexibility index (Phi) is 4.52. The lowest BCUT2D eigenvalue weighted by molar-refractivity contribution is 0.0952. The molecule has 0 aliphatic carbocycles. The fourth-order valence-electron chi connectivity index (χ4n) is 1.80. The van der Waals surface area contributed by atoms with E-state index < -0.39 is 0 Å². The van der Waals surface area contributed by atoms with Crippen LogP contribution in [0, 0.1) is 0 Å². The predicted octanol–water partition coefficient (Wildman–Crippen LogP) is 2.40. The van der Waals surface area contributed by atoms with Gasteiger partial charge in [-0.25, -0.2) is 0 Å². The number of aromatic amines is 1. The Morgan fingerprint density at radius 1 is 1.53 bits per heavy atom. The first kappa shape index (κ1) is 13.5. The number of rotatable bonds is 6. The van der Waals surface area contributed by atoms with Crippen LogP contribution < -0.4 is 11.1 Å². The van der Waals surface area contributed by atoms with Crippen molar-refractivity contribution in [1.29, 1.82) is 0 Å². The summed E-state index contributed by atoms with van der Waals surface area (Å²) in [5, 5.41) is 3.82. The quantitative estimate of drug-likeness (QED) is 0.431. The monoisotopic (exact) mass is 275 g/mol. The van der Waals surface area contributed by atoms with Gasteiger partial charge in [0.1, 0.15) is 5.69 Å². The number of benzene rings is 1. The first-order valence-corrected chi connectivity index (χ1v) is 7.22. The Hall–Kier alpha value is -1.88. The highest BCUT2D eigenvalue weighted by atomic mass is 32.2. The molecular weight excluding hydrogens is 258 g/mol. The third-order valence-electron chi connectivity index (χ3n) is 2.70. The van der Waals surface area contributed by atoms with Gasteiger partial charge >= 0.3 is 0 Å². The molecular formula is C14H17N3OS. The summed E-state index contributed by atoms with van der Waals surface area (Å²) in [7, 11) is 0. The van der Waals surface area contributed by atoms with Gasteiger partial charge in [-0.1, -0.05) is 18.2 Å². The van der Waals surface area contributed by atoms with Crippen LogP contribution in [0.2, 0.25) is 0 Å².